The van der Waals surface area contributed by atoms with Crippen LogP contribution >= 0.6 is 0 Å². The van der Waals surface area contributed by atoms with Gasteiger partial charge in [0.15, 0.2) is 0 Å². The van der Waals surface area contributed by atoms with E-state index >= 15 is 0 Å². The van der Waals surface area contributed by atoms with E-state index in [1.165, 1.54) is 0 Å². The molecule has 0 atom stereocenters. The Labute approximate surface area is 129 Å². The molecule has 0 spiro atoms. The fourth-order valence-electron chi connectivity index (χ4n) is 0.742. The minimum absolute atomic E-state index is 0. The van der Waals surface area contributed by atoms with Gasteiger partial charge in [0.2, 0.25) is 0 Å². The molecule has 0 unspecified atom stereocenters. The molecule has 0 aromatic rings. The Hall–Kier alpha value is -0.399. The zero-order valence-corrected chi connectivity index (χ0v) is 11.8. The van der Waals surface area contributed by atoms with Gasteiger partial charge >= 0.3 is 17.9 Å². The van der Waals surface area contributed by atoms with Crippen LogP contribution in [0, 0.1) is 40.8 Å². The van der Waals surface area contributed by atoms with Crippen LogP contribution in [0.3, 0.4) is 0 Å². The Morgan fingerprint density at radius 2 is 0.882 bits per heavy atom. The average molecular weight is 389 g/mol. The molecule has 0 rings (SSSR count). The van der Waals surface area contributed by atoms with Gasteiger partial charge in [0.05, 0.1) is 19.6 Å². The van der Waals surface area contributed by atoms with Crippen LogP contribution in [0.2, 0.25) is 0 Å². The molecule has 0 saturated carbocycles. The van der Waals surface area contributed by atoms with Crippen molar-refractivity contribution in [2.45, 2.75) is 0 Å². The minimum Gasteiger partial charge on any atom is -0.480 e. The molecule has 17 heavy (non-hydrogen) atoms. The monoisotopic (exact) mass is 387 g/mol. The van der Waals surface area contributed by atoms with Crippen LogP contribution in [0.25, 0.3) is 0 Å². The van der Waals surface area contributed by atoms with E-state index in [0.29, 0.717) is 0 Å². The molecule has 11 heteroatoms. The second-order valence-electron chi connectivity index (χ2n) is 2.33. The van der Waals surface area contributed by atoms with Crippen molar-refractivity contribution in [2.24, 2.45) is 0 Å². The fraction of sp³-hybridized carbons (Fsp3) is 0.500. The first-order valence-electron chi connectivity index (χ1n) is 3.29. The van der Waals surface area contributed by atoms with Gasteiger partial charge in [-0.2, -0.15) is 0 Å². The van der Waals surface area contributed by atoms with Gasteiger partial charge in [0, 0.05) is 40.8 Å². The number of hydrogen-bond acceptors (Lipinski definition) is 4. The van der Waals surface area contributed by atoms with Crippen LogP contribution < -0.4 is 0 Å². The van der Waals surface area contributed by atoms with Crippen LogP contribution in [0.15, 0.2) is 0 Å². The van der Waals surface area contributed by atoms with Crippen LogP contribution in [-0.2, 0) is 14.4 Å². The van der Waals surface area contributed by atoms with Crippen molar-refractivity contribution in [3.05, 3.63) is 0 Å². The number of carbonyl (C=O) groups is 3. The largest absolute Gasteiger partial charge is 0.480 e. The van der Waals surface area contributed by atoms with Crippen LogP contribution in [0.5, 0.6) is 0 Å². The summed E-state index contributed by atoms with van der Waals surface area (Å²) in [4.78, 5) is 31.2. The van der Waals surface area contributed by atoms with Gasteiger partial charge in [-0.25, -0.2) is 0 Å². The van der Waals surface area contributed by atoms with Crippen molar-refractivity contribution in [1.82, 2.24) is 4.90 Å². The standard InChI is InChI=1S/C6H9NO6.Nd.3H2O/c8-4(9)1-7(2-5(10)11)3-6(12)13;;;;/h1-3H2,(H,8,9)(H,10,11)(H,12,13);;3*1H2. The maximum absolute atomic E-state index is 10.1. The zero-order chi connectivity index (χ0) is 10.4. The molecule has 0 fully saturated rings. The average Bonchev–Trinajstić information content (AvgIpc) is 1.80. The summed E-state index contributed by atoms with van der Waals surface area (Å²) in [6.45, 7) is -1.80. The van der Waals surface area contributed by atoms with Gasteiger partial charge in [-0.1, -0.05) is 0 Å². The predicted octanol–water partition coefficient (Wildman–Crippen LogP) is -3.93. The topological polar surface area (TPSA) is 210 Å². The van der Waals surface area contributed by atoms with Crippen molar-refractivity contribution in [3.63, 3.8) is 0 Å². The molecule has 0 saturated heterocycles. The molecule has 0 heterocycles. The van der Waals surface area contributed by atoms with Crippen LogP contribution in [0.1, 0.15) is 0 Å². The molecule has 0 radical (unpaired) electrons. The number of carboxylic acid groups (broad SMARTS) is 3. The summed E-state index contributed by atoms with van der Waals surface area (Å²) in [7, 11) is 0. The molecule has 9 N–H and O–H groups in total. The summed E-state index contributed by atoms with van der Waals surface area (Å²) in [6.07, 6.45) is 0. The molecule has 0 aromatic heterocycles. The zero-order valence-electron chi connectivity index (χ0n) is 8.63. The third-order valence-electron chi connectivity index (χ3n) is 1.08. The van der Waals surface area contributed by atoms with E-state index < -0.39 is 37.5 Å². The van der Waals surface area contributed by atoms with Crippen molar-refractivity contribution in [2.75, 3.05) is 19.6 Å². The normalized spacial score (nSPS) is 7.59. The van der Waals surface area contributed by atoms with Crippen molar-refractivity contribution < 1.29 is 87.0 Å². The second kappa shape index (κ2) is 15.6. The van der Waals surface area contributed by atoms with Crippen LogP contribution in [-0.4, -0.2) is 74.2 Å². The van der Waals surface area contributed by atoms with Gasteiger partial charge in [-0.05, 0) is 0 Å². The van der Waals surface area contributed by atoms with E-state index in [-0.39, 0.29) is 57.3 Å². The minimum atomic E-state index is -1.26. The Morgan fingerprint density at radius 3 is 1.00 bits per heavy atom. The number of aliphatic carboxylic acids is 3. The first-order valence-corrected chi connectivity index (χ1v) is 3.29. The van der Waals surface area contributed by atoms with Crippen molar-refractivity contribution in [3.8, 4) is 0 Å². The Morgan fingerprint density at radius 1 is 0.706 bits per heavy atom. The second-order valence-corrected chi connectivity index (χ2v) is 2.33. The SMILES string of the molecule is O.O.O.O=C(O)CN(CC(=O)O)CC(=O)O.[Nd]. The molecule has 0 bridgehead atoms. The molecular formula is C6H15NNdO9. The predicted molar refractivity (Wildman–Crippen MR) is 50.2 cm³/mol. The molecule has 0 aliphatic heterocycles. The Kier molecular flexibility index (Phi) is 27.6. The molecule has 10 nitrogen and oxygen atoms in total. The summed E-state index contributed by atoms with van der Waals surface area (Å²) < 4.78 is 0. The maximum atomic E-state index is 10.1. The van der Waals surface area contributed by atoms with Gasteiger partial charge in [-0.3, -0.25) is 19.3 Å². The molecule has 0 aliphatic rings. The van der Waals surface area contributed by atoms with E-state index in [2.05, 4.69) is 0 Å². The van der Waals surface area contributed by atoms with Crippen molar-refractivity contribution in [1.29, 1.82) is 0 Å². The number of hydrogen-bond donors (Lipinski definition) is 3. The summed E-state index contributed by atoms with van der Waals surface area (Å²) >= 11 is 0. The summed E-state index contributed by atoms with van der Waals surface area (Å²) in [5, 5.41) is 24.8. The molecular weight excluding hydrogens is 374 g/mol. The molecule has 0 aliphatic carbocycles. The van der Waals surface area contributed by atoms with Crippen LogP contribution in [0.4, 0.5) is 0 Å². The number of carboxylic acids is 3. The van der Waals surface area contributed by atoms with Crippen molar-refractivity contribution >= 4 is 17.9 Å². The Bertz CT molecular complexity index is 195. The first-order chi connectivity index (χ1) is 5.91. The molecule has 102 valence electrons. The maximum Gasteiger partial charge on any atom is 0.317 e. The molecule has 0 amide bonds. The van der Waals surface area contributed by atoms with E-state index in [4.69, 9.17) is 15.3 Å². The molecule has 0 aromatic carbocycles. The smallest absolute Gasteiger partial charge is 0.317 e. The number of rotatable bonds is 6. The summed E-state index contributed by atoms with van der Waals surface area (Å²) in [5.74, 6) is -3.78. The van der Waals surface area contributed by atoms with E-state index in [0.717, 1.165) is 4.90 Å². The van der Waals surface area contributed by atoms with E-state index in [9.17, 15) is 14.4 Å². The van der Waals surface area contributed by atoms with Gasteiger partial charge in [0.25, 0.3) is 0 Å². The fourth-order valence-corrected chi connectivity index (χ4v) is 0.742. The third kappa shape index (κ3) is 21.4. The quantitative estimate of drug-likeness (QED) is 0.410. The van der Waals surface area contributed by atoms with Gasteiger partial charge in [-0.15, -0.1) is 0 Å². The van der Waals surface area contributed by atoms with E-state index in [1.54, 1.807) is 0 Å². The van der Waals surface area contributed by atoms with Gasteiger partial charge < -0.3 is 31.7 Å². The summed E-state index contributed by atoms with van der Waals surface area (Å²) in [6, 6.07) is 0. The summed E-state index contributed by atoms with van der Waals surface area (Å²) in [5.41, 5.74) is 0. The van der Waals surface area contributed by atoms with E-state index in [1.807, 2.05) is 0 Å². The van der Waals surface area contributed by atoms with Gasteiger partial charge in [0.1, 0.15) is 0 Å². The Balaban J connectivity index is -0.000000120. The number of nitrogens with zero attached hydrogens (tertiary/aromatic N) is 1. The first kappa shape index (κ1) is 30.0. The third-order valence-corrected chi connectivity index (χ3v) is 1.08.